The highest BCUT2D eigenvalue weighted by molar-refractivity contribution is 5.84. The first-order valence-corrected chi connectivity index (χ1v) is 4.97. The molecule has 0 spiro atoms. The third-order valence-corrected chi connectivity index (χ3v) is 2.58. The number of hydrogen-bond donors (Lipinski definition) is 2. The first kappa shape index (κ1) is 10.0. The van der Waals surface area contributed by atoms with Gasteiger partial charge in [-0.1, -0.05) is 20.8 Å². The van der Waals surface area contributed by atoms with Gasteiger partial charge in [0, 0.05) is 22.0 Å². The van der Waals surface area contributed by atoms with Gasteiger partial charge < -0.3 is 10.7 Å². The molecule has 1 heterocycles. The van der Waals surface area contributed by atoms with E-state index in [-0.39, 0.29) is 16.9 Å². The van der Waals surface area contributed by atoms with E-state index in [4.69, 9.17) is 5.73 Å². The van der Waals surface area contributed by atoms with Crippen molar-refractivity contribution in [3.8, 4) is 0 Å². The smallest absolute Gasteiger partial charge is 0.155 e. The van der Waals surface area contributed by atoms with Crippen molar-refractivity contribution in [3.63, 3.8) is 0 Å². The Hall–Kier alpha value is -1.51. The van der Waals surface area contributed by atoms with Crippen molar-refractivity contribution in [1.82, 2.24) is 4.98 Å². The zero-order valence-electron chi connectivity index (χ0n) is 9.19. The number of anilines is 1. The third-order valence-electron chi connectivity index (χ3n) is 2.58. The van der Waals surface area contributed by atoms with Gasteiger partial charge in [0.2, 0.25) is 0 Å². The molecule has 0 saturated heterocycles. The van der Waals surface area contributed by atoms with E-state index in [1.165, 1.54) is 0 Å². The van der Waals surface area contributed by atoms with E-state index in [2.05, 4.69) is 25.8 Å². The Balaban J connectivity index is 2.72. The molecule has 1 aromatic heterocycles. The van der Waals surface area contributed by atoms with Crippen molar-refractivity contribution in [2.24, 2.45) is 0 Å². The highest BCUT2D eigenvalue weighted by atomic mass is 19.1. The average Bonchev–Trinajstić information content (AvgIpc) is 2.55. The highest BCUT2D eigenvalue weighted by Gasteiger charge is 2.17. The van der Waals surface area contributed by atoms with Crippen LogP contribution in [-0.4, -0.2) is 4.98 Å². The molecule has 0 fully saturated rings. The molecule has 3 heteroatoms. The van der Waals surface area contributed by atoms with Crippen molar-refractivity contribution in [2.45, 2.75) is 26.2 Å². The van der Waals surface area contributed by atoms with Gasteiger partial charge in [0.05, 0.1) is 5.69 Å². The Labute approximate surface area is 88.3 Å². The normalized spacial score (nSPS) is 12.3. The van der Waals surface area contributed by atoms with Crippen molar-refractivity contribution in [1.29, 1.82) is 0 Å². The average molecular weight is 206 g/mol. The summed E-state index contributed by atoms with van der Waals surface area (Å²) in [5.74, 6) is -0.334. The number of fused-ring (bicyclic) bond motifs is 1. The molecule has 0 saturated carbocycles. The number of nitrogen functional groups attached to an aromatic ring is 1. The molecular formula is C12H15FN2. The molecule has 0 aliphatic carbocycles. The van der Waals surface area contributed by atoms with Crippen LogP contribution in [0.4, 0.5) is 10.1 Å². The summed E-state index contributed by atoms with van der Waals surface area (Å²) in [5, 5.41) is 0.569. The molecule has 0 aliphatic rings. The number of nitrogens with two attached hydrogens (primary N) is 1. The molecule has 0 radical (unpaired) electrons. The lowest BCUT2D eigenvalue weighted by atomic mass is 9.92. The maximum atomic E-state index is 13.7. The zero-order chi connectivity index (χ0) is 11.2. The van der Waals surface area contributed by atoms with E-state index < -0.39 is 0 Å². The number of rotatable bonds is 0. The number of hydrogen-bond acceptors (Lipinski definition) is 1. The second-order valence-electron chi connectivity index (χ2n) is 4.86. The molecule has 2 aromatic rings. The van der Waals surface area contributed by atoms with E-state index in [1.807, 2.05) is 12.1 Å². The Morgan fingerprint density at radius 3 is 2.53 bits per heavy atom. The van der Waals surface area contributed by atoms with E-state index >= 15 is 0 Å². The van der Waals surface area contributed by atoms with Gasteiger partial charge in [-0.2, -0.15) is 0 Å². The number of aromatic nitrogens is 1. The first-order chi connectivity index (χ1) is 6.89. The van der Waals surface area contributed by atoms with Crippen LogP contribution >= 0.6 is 0 Å². The van der Waals surface area contributed by atoms with Crippen LogP contribution in [0.15, 0.2) is 18.2 Å². The Bertz CT molecular complexity index is 506. The van der Waals surface area contributed by atoms with Crippen molar-refractivity contribution >= 4 is 16.6 Å². The lowest BCUT2D eigenvalue weighted by molar-refractivity contribution is 0.574. The first-order valence-electron chi connectivity index (χ1n) is 4.97. The van der Waals surface area contributed by atoms with E-state index in [0.29, 0.717) is 5.39 Å². The van der Waals surface area contributed by atoms with E-state index in [9.17, 15) is 4.39 Å². The molecule has 80 valence electrons. The second kappa shape index (κ2) is 2.99. The summed E-state index contributed by atoms with van der Waals surface area (Å²) in [6, 6.07) is 5.23. The molecule has 1 aromatic carbocycles. The summed E-state index contributed by atoms with van der Waals surface area (Å²) in [7, 11) is 0. The van der Waals surface area contributed by atoms with Crippen LogP contribution in [0.3, 0.4) is 0 Å². The predicted molar refractivity (Wildman–Crippen MR) is 61.4 cm³/mol. The topological polar surface area (TPSA) is 41.8 Å². The number of halogens is 1. The Morgan fingerprint density at radius 1 is 1.27 bits per heavy atom. The largest absolute Gasteiger partial charge is 0.396 e. The van der Waals surface area contributed by atoms with E-state index in [0.717, 1.165) is 11.2 Å². The highest BCUT2D eigenvalue weighted by Crippen LogP contribution is 2.29. The van der Waals surface area contributed by atoms with Gasteiger partial charge in [-0.05, 0) is 18.2 Å². The number of benzene rings is 1. The number of H-pyrrole nitrogens is 1. The summed E-state index contributed by atoms with van der Waals surface area (Å²) >= 11 is 0. The summed E-state index contributed by atoms with van der Waals surface area (Å²) < 4.78 is 13.7. The fraction of sp³-hybridized carbons (Fsp3) is 0.333. The molecular weight excluding hydrogens is 191 g/mol. The molecule has 0 atom stereocenters. The Morgan fingerprint density at radius 2 is 1.93 bits per heavy atom. The van der Waals surface area contributed by atoms with Crippen molar-refractivity contribution in [2.75, 3.05) is 5.73 Å². The van der Waals surface area contributed by atoms with Gasteiger partial charge in [0.1, 0.15) is 0 Å². The van der Waals surface area contributed by atoms with Crippen LogP contribution in [0.1, 0.15) is 26.5 Å². The molecule has 0 bridgehead atoms. The Kier molecular flexibility index (Phi) is 2.00. The number of nitrogens with one attached hydrogen (secondary N) is 1. The molecule has 2 rings (SSSR count). The standard InChI is InChI=1S/C12H15FN2/c1-12(2,3)10-6-7-9(15-10)5-4-8(14)11(7)13/h4-6,15H,14H2,1-3H3. The van der Waals surface area contributed by atoms with E-state index in [1.54, 1.807) is 6.07 Å². The van der Waals surface area contributed by atoms with Gasteiger partial charge in [-0.3, -0.25) is 0 Å². The fourth-order valence-corrected chi connectivity index (χ4v) is 1.59. The zero-order valence-corrected chi connectivity index (χ0v) is 9.19. The van der Waals surface area contributed by atoms with Gasteiger partial charge >= 0.3 is 0 Å². The molecule has 0 aliphatic heterocycles. The van der Waals surface area contributed by atoms with Gasteiger partial charge in [0.15, 0.2) is 5.82 Å². The maximum absolute atomic E-state index is 13.7. The van der Waals surface area contributed by atoms with Gasteiger partial charge in [0.25, 0.3) is 0 Å². The van der Waals surface area contributed by atoms with Crippen LogP contribution in [0.25, 0.3) is 10.9 Å². The summed E-state index contributed by atoms with van der Waals surface area (Å²) in [5.41, 5.74) is 7.51. The minimum Gasteiger partial charge on any atom is -0.396 e. The lowest BCUT2D eigenvalue weighted by Gasteiger charge is -2.15. The quantitative estimate of drug-likeness (QED) is 0.638. The monoisotopic (exact) mass is 206 g/mol. The van der Waals surface area contributed by atoms with Crippen molar-refractivity contribution < 1.29 is 4.39 Å². The van der Waals surface area contributed by atoms with Gasteiger partial charge in [-0.25, -0.2) is 4.39 Å². The maximum Gasteiger partial charge on any atom is 0.155 e. The minimum atomic E-state index is -0.334. The summed E-state index contributed by atoms with van der Waals surface area (Å²) in [6.07, 6.45) is 0. The van der Waals surface area contributed by atoms with Crippen LogP contribution in [0.5, 0.6) is 0 Å². The molecule has 0 amide bonds. The van der Waals surface area contributed by atoms with Gasteiger partial charge in [-0.15, -0.1) is 0 Å². The number of aromatic amines is 1. The molecule has 3 N–H and O–H groups in total. The minimum absolute atomic E-state index is 0.0137. The lowest BCUT2D eigenvalue weighted by Crippen LogP contribution is -2.10. The molecule has 15 heavy (non-hydrogen) atoms. The van der Waals surface area contributed by atoms with Crippen LogP contribution in [0.2, 0.25) is 0 Å². The second-order valence-corrected chi connectivity index (χ2v) is 4.86. The molecule has 2 nitrogen and oxygen atoms in total. The summed E-state index contributed by atoms with van der Waals surface area (Å²) in [6.45, 7) is 6.25. The van der Waals surface area contributed by atoms with Crippen molar-refractivity contribution in [3.05, 3.63) is 29.7 Å². The van der Waals surface area contributed by atoms with Crippen LogP contribution in [0, 0.1) is 5.82 Å². The third kappa shape index (κ3) is 1.58. The molecule has 0 unspecified atom stereocenters. The van der Waals surface area contributed by atoms with Crippen LogP contribution < -0.4 is 5.73 Å². The van der Waals surface area contributed by atoms with Crippen LogP contribution in [-0.2, 0) is 5.41 Å². The predicted octanol–water partition coefficient (Wildman–Crippen LogP) is 3.19. The fourth-order valence-electron chi connectivity index (χ4n) is 1.59. The summed E-state index contributed by atoms with van der Waals surface area (Å²) in [4.78, 5) is 3.21. The SMILES string of the molecule is CC(C)(C)c1cc2c(F)c(N)ccc2[nH]1.